The molecule has 0 aliphatic carbocycles. The number of carboxylic acid groups (broad SMARTS) is 1. The largest absolute Gasteiger partial charge is 0.478 e. The second-order valence-corrected chi connectivity index (χ2v) is 6.33. The molecule has 2 aromatic rings. The maximum atomic E-state index is 12.6. The number of likely N-dealkylation sites (N-methyl/N-ethyl adjacent to an activating group) is 1. The summed E-state index contributed by atoms with van der Waals surface area (Å²) in [5, 5.41) is 9.64. The maximum Gasteiger partial charge on any atom is 0.335 e. The molecule has 0 bridgehead atoms. The van der Waals surface area contributed by atoms with E-state index < -0.39 is 5.97 Å². The van der Waals surface area contributed by atoms with Crippen molar-refractivity contribution >= 4 is 40.6 Å². The highest BCUT2D eigenvalue weighted by Crippen LogP contribution is 2.34. The molecule has 0 aromatic heterocycles. The summed E-state index contributed by atoms with van der Waals surface area (Å²) in [5.74, 6) is -1.10. The van der Waals surface area contributed by atoms with Crippen LogP contribution in [-0.4, -0.2) is 33.6 Å². The SMILES string of the molecule is CCN1C(=O)/C(=C\c2ccccc2)SC1=Nc1cccc(C(=O)O)c1. The molecule has 0 atom stereocenters. The molecule has 1 aliphatic rings. The van der Waals surface area contributed by atoms with E-state index >= 15 is 0 Å². The minimum absolute atomic E-state index is 0.0931. The number of amidine groups is 1. The second-order valence-electron chi connectivity index (χ2n) is 5.32. The fourth-order valence-corrected chi connectivity index (χ4v) is 3.45. The topological polar surface area (TPSA) is 70.0 Å². The van der Waals surface area contributed by atoms with Crippen LogP contribution >= 0.6 is 11.8 Å². The van der Waals surface area contributed by atoms with Gasteiger partial charge in [0.1, 0.15) is 0 Å². The summed E-state index contributed by atoms with van der Waals surface area (Å²) >= 11 is 1.30. The molecule has 2 aromatic carbocycles. The smallest absolute Gasteiger partial charge is 0.335 e. The molecule has 1 fully saturated rings. The molecule has 1 heterocycles. The van der Waals surface area contributed by atoms with Crippen molar-refractivity contribution in [1.82, 2.24) is 4.90 Å². The van der Waals surface area contributed by atoms with Gasteiger partial charge in [0.2, 0.25) is 0 Å². The van der Waals surface area contributed by atoms with E-state index in [2.05, 4.69) is 4.99 Å². The summed E-state index contributed by atoms with van der Waals surface area (Å²) in [6.45, 7) is 2.38. The van der Waals surface area contributed by atoms with Gasteiger partial charge < -0.3 is 5.11 Å². The van der Waals surface area contributed by atoms with Crippen LogP contribution in [0.15, 0.2) is 64.5 Å². The Kier molecular flexibility index (Phi) is 5.00. The Balaban J connectivity index is 1.94. The van der Waals surface area contributed by atoms with Gasteiger partial charge in [-0.05, 0) is 48.5 Å². The lowest BCUT2D eigenvalue weighted by molar-refractivity contribution is -0.122. The molecule has 0 spiro atoms. The number of aromatic carboxylic acids is 1. The summed E-state index contributed by atoms with van der Waals surface area (Å²) in [4.78, 5) is 30.3. The van der Waals surface area contributed by atoms with E-state index in [0.29, 0.717) is 22.3 Å². The van der Waals surface area contributed by atoms with Gasteiger partial charge in [-0.3, -0.25) is 9.69 Å². The fraction of sp³-hybridized carbons (Fsp3) is 0.105. The van der Waals surface area contributed by atoms with E-state index in [1.54, 1.807) is 17.0 Å². The number of rotatable bonds is 4. The van der Waals surface area contributed by atoms with Crippen LogP contribution in [-0.2, 0) is 4.79 Å². The number of thioether (sulfide) groups is 1. The average molecular weight is 352 g/mol. The molecule has 6 heteroatoms. The van der Waals surface area contributed by atoms with Gasteiger partial charge >= 0.3 is 5.97 Å². The number of carboxylic acids is 1. The highest BCUT2D eigenvalue weighted by molar-refractivity contribution is 8.18. The quantitative estimate of drug-likeness (QED) is 0.844. The molecule has 0 unspecified atom stereocenters. The predicted molar refractivity (Wildman–Crippen MR) is 99.9 cm³/mol. The Morgan fingerprint density at radius 2 is 1.96 bits per heavy atom. The summed E-state index contributed by atoms with van der Waals surface area (Å²) in [7, 11) is 0. The molecule has 1 N–H and O–H groups in total. The zero-order valence-corrected chi connectivity index (χ0v) is 14.4. The van der Waals surface area contributed by atoms with Crippen molar-refractivity contribution in [2.75, 3.05) is 6.54 Å². The van der Waals surface area contributed by atoms with Crippen LogP contribution in [0.4, 0.5) is 5.69 Å². The van der Waals surface area contributed by atoms with Gasteiger partial charge in [0.15, 0.2) is 5.17 Å². The van der Waals surface area contributed by atoms with Crippen LogP contribution in [0, 0.1) is 0 Å². The predicted octanol–water partition coefficient (Wildman–Crippen LogP) is 4.01. The number of nitrogens with zero attached hydrogens (tertiary/aromatic N) is 2. The van der Waals surface area contributed by atoms with Crippen LogP contribution in [0.5, 0.6) is 0 Å². The highest BCUT2D eigenvalue weighted by atomic mass is 32.2. The molecule has 0 saturated carbocycles. The number of hydrogen-bond donors (Lipinski definition) is 1. The highest BCUT2D eigenvalue weighted by Gasteiger charge is 2.32. The van der Waals surface area contributed by atoms with Crippen LogP contribution in [0.3, 0.4) is 0 Å². The molecule has 1 saturated heterocycles. The molecular formula is C19H16N2O3S. The lowest BCUT2D eigenvalue weighted by Crippen LogP contribution is -2.28. The fourth-order valence-electron chi connectivity index (χ4n) is 2.39. The van der Waals surface area contributed by atoms with Crippen molar-refractivity contribution in [1.29, 1.82) is 0 Å². The number of amides is 1. The van der Waals surface area contributed by atoms with Crippen LogP contribution in [0.25, 0.3) is 6.08 Å². The summed E-state index contributed by atoms with van der Waals surface area (Å²) in [5.41, 5.74) is 1.62. The number of benzene rings is 2. The zero-order chi connectivity index (χ0) is 17.8. The first kappa shape index (κ1) is 17.0. The molecular weight excluding hydrogens is 336 g/mol. The van der Waals surface area contributed by atoms with Gasteiger partial charge in [0.05, 0.1) is 16.2 Å². The van der Waals surface area contributed by atoms with Crippen LogP contribution in [0.1, 0.15) is 22.8 Å². The van der Waals surface area contributed by atoms with Crippen molar-refractivity contribution in [3.63, 3.8) is 0 Å². The van der Waals surface area contributed by atoms with E-state index in [4.69, 9.17) is 5.11 Å². The molecule has 1 aliphatic heterocycles. The molecule has 0 radical (unpaired) electrons. The molecule has 5 nitrogen and oxygen atoms in total. The number of carbonyl (C=O) groups is 2. The van der Waals surface area contributed by atoms with Gasteiger partial charge in [-0.2, -0.15) is 0 Å². The average Bonchev–Trinajstić information content (AvgIpc) is 2.90. The van der Waals surface area contributed by atoms with Crippen molar-refractivity contribution in [2.45, 2.75) is 6.92 Å². The third kappa shape index (κ3) is 3.80. The Hall–Kier alpha value is -2.86. The van der Waals surface area contributed by atoms with Crippen LogP contribution < -0.4 is 0 Å². The first-order valence-electron chi connectivity index (χ1n) is 7.77. The summed E-state index contributed by atoms with van der Waals surface area (Å²) in [6.07, 6.45) is 1.84. The lowest BCUT2D eigenvalue weighted by atomic mass is 10.2. The van der Waals surface area contributed by atoms with Gasteiger partial charge in [-0.25, -0.2) is 9.79 Å². The van der Waals surface area contributed by atoms with Crippen molar-refractivity contribution in [2.24, 2.45) is 4.99 Å². The number of hydrogen-bond acceptors (Lipinski definition) is 4. The minimum Gasteiger partial charge on any atom is -0.478 e. The first-order valence-corrected chi connectivity index (χ1v) is 8.58. The van der Waals surface area contributed by atoms with E-state index in [9.17, 15) is 9.59 Å². The van der Waals surface area contributed by atoms with E-state index in [1.807, 2.05) is 43.3 Å². The molecule has 126 valence electrons. The first-order chi connectivity index (χ1) is 12.1. The van der Waals surface area contributed by atoms with E-state index in [1.165, 1.54) is 23.9 Å². The summed E-state index contributed by atoms with van der Waals surface area (Å²) < 4.78 is 0. The van der Waals surface area contributed by atoms with Gasteiger partial charge in [-0.1, -0.05) is 36.4 Å². The lowest BCUT2D eigenvalue weighted by Gasteiger charge is -2.12. The number of carbonyl (C=O) groups excluding carboxylic acids is 1. The summed E-state index contributed by atoms with van der Waals surface area (Å²) in [6, 6.07) is 16.0. The van der Waals surface area contributed by atoms with Gasteiger partial charge in [0, 0.05) is 6.54 Å². The Labute approximate surface area is 149 Å². The van der Waals surface area contributed by atoms with Crippen molar-refractivity contribution in [3.05, 3.63) is 70.6 Å². The molecule has 25 heavy (non-hydrogen) atoms. The van der Waals surface area contributed by atoms with Crippen molar-refractivity contribution in [3.8, 4) is 0 Å². The van der Waals surface area contributed by atoms with Gasteiger partial charge in [0.25, 0.3) is 5.91 Å². The van der Waals surface area contributed by atoms with Crippen molar-refractivity contribution < 1.29 is 14.7 Å². The second kappa shape index (κ2) is 7.36. The maximum absolute atomic E-state index is 12.6. The molecule has 1 amide bonds. The normalized spacial score (nSPS) is 17.5. The third-order valence-electron chi connectivity index (χ3n) is 3.62. The van der Waals surface area contributed by atoms with Crippen LogP contribution in [0.2, 0.25) is 0 Å². The molecule has 3 rings (SSSR count). The standard InChI is InChI=1S/C19H16N2O3S/c1-2-21-17(22)16(11-13-7-4-3-5-8-13)25-19(21)20-15-10-6-9-14(12-15)18(23)24/h3-12H,2H2,1H3,(H,23,24)/b16-11+,20-19?. The Morgan fingerprint density at radius 1 is 1.20 bits per heavy atom. The third-order valence-corrected chi connectivity index (χ3v) is 4.63. The van der Waals surface area contributed by atoms with Gasteiger partial charge in [-0.15, -0.1) is 0 Å². The minimum atomic E-state index is -1.01. The Morgan fingerprint density at radius 3 is 2.64 bits per heavy atom. The monoisotopic (exact) mass is 352 g/mol. The number of aliphatic imine (C=N–C) groups is 1. The van der Waals surface area contributed by atoms with E-state index in [-0.39, 0.29) is 11.5 Å². The zero-order valence-electron chi connectivity index (χ0n) is 13.5. The van der Waals surface area contributed by atoms with E-state index in [0.717, 1.165) is 5.56 Å². The Bertz CT molecular complexity index is 875.